The van der Waals surface area contributed by atoms with Crippen molar-refractivity contribution in [2.24, 2.45) is 0 Å². The van der Waals surface area contributed by atoms with Gasteiger partial charge in [0, 0.05) is 19.3 Å². The lowest BCUT2D eigenvalue weighted by Crippen LogP contribution is -2.28. The molecule has 17 heavy (non-hydrogen) atoms. The van der Waals surface area contributed by atoms with Gasteiger partial charge in [0.05, 0.1) is 5.56 Å². The number of carbonyl (C=O) groups is 1. The molecule has 0 saturated carbocycles. The summed E-state index contributed by atoms with van der Waals surface area (Å²) in [4.78, 5) is 13.7. The van der Waals surface area contributed by atoms with Gasteiger partial charge in [0.15, 0.2) is 0 Å². The Kier molecular flexibility index (Phi) is 4.82. The molecule has 0 heterocycles. The molecule has 3 N–H and O–H groups in total. The molecule has 0 fully saturated rings. The smallest absolute Gasteiger partial charge is 0.255 e. The number of phenols is 1. The maximum Gasteiger partial charge on any atom is 0.255 e. The summed E-state index contributed by atoms with van der Waals surface area (Å²) in [6, 6.07) is 4.43. The van der Waals surface area contributed by atoms with Gasteiger partial charge in [-0.3, -0.25) is 4.79 Å². The van der Waals surface area contributed by atoms with Crippen LogP contribution in [0.4, 0.5) is 5.69 Å². The van der Waals surface area contributed by atoms with E-state index >= 15 is 0 Å². The molecule has 4 heteroatoms. The van der Waals surface area contributed by atoms with Crippen molar-refractivity contribution in [3.63, 3.8) is 0 Å². The van der Waals surface area contributed by atoms with E-state index in [0.29, 0.717) is 17.8 Å². The van der Waals surface area contributed by atoms with Gasteiger partial charge in [0.1, 0.15) is 5.75 Å². The number of phenolic OH excluding ortho intramolecular Hbond substituents is 1. The molecule has 4 nitrogen and oxygen atoms in total. The Morgan fingerprint density at radius 2 is 2.12 bits per heavy atom. The Morgan fingerprint density at radius 3 is 2.76 bits per heavy atom. The van der Waals surface area contributed by atoms with Gasteiger partial charge in [0.25, 0.3) is 5.91 Å². The zero-order valence-corrected chi connectivity index (χ0v) is 10.4. The number of nitrogen functional groups attached to an aromatic ring is 1. The third kappa shape index (κ3) is 3.66. The van der Waals surface area contributed by atoms with Crippen LogP contribution in [-0.2, 0) is 0 Å². The lowest BCUT2D eigenvalue weighted by Gasteiger charge is -2.18. The van der Waals surface area contributed by atoms with E-state index in [9.17, 15) is 9.90 Å². The number of nitrogens with zero attached hydrogens (tertiary/aromatic N) is 1. The SMILES string of the molecule is CCCCCN(C)C(=O)c1cc(O)ccc1N. The largest absolute Gasteiger partial charge is 0.508 e. The summed E-state index contributed by atoms with van der Waals surface area (Å²) in [6.45, 7) is 2.83. The van der Waals surface area contributed by atoms with Crippen molar-refractivity contribution in [1.29, 1.82) is 0 Å². The molecule has 1 aromatic carbocycles. The van der Waals surface area contributed by atoms with Gasteiger partial charge in [0.2, 0.25) is 0 Å². The van der Waals surface area contributed by atoms with Crippen LogP contribution in [0.1, 0.15) is 36.5 Å². The van der Waals surface area contributed by atoms with Gasteiger partial charge >= 0.3 is 0 Å². The van der Waals surface area contributed by atoms with Gasteiger partial charge in [-0.1, -0.05) is 19.8 Å². The molecule has 1 rings (SSSR count). The van der Waals surface area contributed by atoms with E-state index in [2.05, 4.69) is 6.92 Å². The minimum atomic E-state index is -0.144. The van der Waals surface area contributed by atoms with Crippen LogP contribution >= 0.6 is 0 Å². The number of benzene rings is 1. The molecule has 0 aliphatic heterocycles. The Balaban J connectivity index is 2.71. The first-order valence-corrected chi connectivity index (χ1v) is 5.90. The Bertz CT molecular complexity index is 391. The molecule has 1 aromatic rings. The number of hydrogen-bond donors (Lipinski definition) is 2. The van der Waals surface area contributed by atoms with Crippen molar-refractivity contribution in [3.05, 3.63) is 23.8 Å². The molecular weight excluding hydrogens is 216 g/mol. The van der Waals surface area contributed by atoms with Crippen LogP contribution in [-0.4, -0.2) is 29.5 Å². The number of amides is 1. The van der Waals surface area contributed by atoms with Gasteiger partial charge < -0.3 is 15.7 Å². The number of anilines is 1. The maximum absolute atomic E-state index is 12.0. The second-order valence-corrected chi connectivity index (χ2v) is 4.21. The molecule has 0 radical (unpaired) electrons. The van der Waals surface area contributed by atoms with E-state index in [1.165, 1.54) is 12.1 Å². The van der Waals surface area contributed by atoms with Crippen molar-refractivity contribution in [1.82, 2.24) is 4.90 Å². The molecule has 0 aliphatic carbocycles. The predicted octanol–water partition coefficient (Wildman–Crippen LogP) is 2.24. The standard InChI is InChI=1S/C13H20N2O2/c1-3-4-5-8-15(2)13(17)11-9-10(16)6-7-12(11)14/h6-7,9,16H,3-5,8,14H2,1-2H3. The average Bonchev–Trinajstić information content (AvgIpc) is 2.31. The summed E-state index contributed by atoms with van der Waals surface area (Å²) in [5.41, 5.74) is 6.49. The van der Waals surface area contributed by atoms with Crippen molar-refractivity contribution in [2.75, 3.05) is 19.3 Å². The maximum atomic E-state index is 12.0. The highest BCUT2D eigenvalue weighted by molar-refractivity contribution is 5.99. The average molecular weight is 236 g/mol. The summed E-state index contributed by atoms with van der Waals surface area (Å²) in [5.74, 6) is -0.0842. The molecule has 0 atom stereocenters. The second kappa shape index (κ2) is 6.13. The van der Waals surface area contributed by atoms with E-state index in [0.717, 1.165) is 19.3 Å². The van der Waals surface area contributed by atoms with Crippen LogP contribution in [0.2, 0.25) is 0 Å². The number of aromatic hydroxyl groups is 1. The van der Waals surface area contributed by atoms with E-state index in [1.54, 1.807) is 18.0 Å². The van der Waals surface area contributed by atoms with Crippen molar-refractivity contribution < 1.29 is 9.90 Å². The topological polar surface area (TPSA) is 66.6 Å². The summed E-state index contributed by atoms with van der Waals surface area (Å²) < 4.78 is 0. The molecule has 0 saturated heterocycles. The monoisotopic (exact) mass is 236 g/mol. The zero-order chi connectivity index (χ0) is 12.8. The molecule has 0 bridgehead atoms. The normalized spacial score (nSPS) is 10.2. The van der Waals surface area contributed by atoms with Crippen LogP contribution in [0, 0.1) is 0 Å². The van der Waals surface area contributed by atoms with Crippen LogP contribution in [0.3, 0.4) is 0 Å². The minimum Gasteiger partial charge on any atom is -0.508 e. The highest BCUT2D eigenvalue weighted by Crippen LogP contribution is 2.19. The van der Waals surface area contributed by atoms with Gasteiger partial charge in [-0.25, -0.2) is 0 Å². The van der Waals surface area contributed by atoms with Crippen LogP contribution in [0.5, 0.6) is 5.75 Å². The van der Waals surface area contributed by atoms with Crippen molar-refractivity contribution in [2.45, 2.75) is 26.2 Å². The van der Waals surface area contributed by atoms with E-state index in [1.807, 2.05) is 0 Å². The second-order valence-electron chi connectivity index (χ2n) is 4.21. The van der Waals surface area contributed by atoms with Gasteiger partial charge in [-0.05, 0) is 24.6 Å². The van der Waals surface area contributed by atoms with E-state index < -0.39 is 0 Å². The molecule has 0 unspecified atom stereocenters. The molecule has 0 aromatic heterocycles. The summed E-state index contributed by atoms with van der Waals surface area (Å²) in [6.07, 6.45) is 3.21. The number of carbonyl (C=O) groups excluding carboxylic acids is 1. The minimum absolute atomic E-state index is 0.0597. The number of rotatable bonds is 5. The fourth-order valence-corrected chi connectivity index (χ4v) is 1.64. The molecule has 0 aliphatic rings. The van der Waals surface area contributed by atoms with E-state index in [-0.39, 0.29) is 11.7 Å². The van der Waals surface area contributed by atoms with E-state index in [4.69, 9.17) is 5.73 Å². The van der Waals surface area contributed by atoms with Gasteiger partial charge in [-0.15, -0.1) is 0 Å². The summed E-state index contributed by atoms with van der Waals surface area (Å²) in [5, 5.41) is 9.36. The van der Waals surface area contributed by atoms with Crippen LogP contribution in [0.25, 0.3) is 0 Å². The first kappa shape index (κ1) is 13.4. The lowest BCUT2D eigenvalue weighted by molar-refractivity contribution is 0.0793. The van der Waals surface area contributed by atoms with Crippen molar-refractivity contribution >= 4 is 11.6 Å². The highest BCUT2D eigenvalue weighted by atomic mass is 16.3. The number of hydrogen-bond acceptors (Lipinski definition) is 3. The lowest BCUT2D eigenvalue weighted by atomic mass is 10.1. The van der Waals surface area contributed by atoms with Gasteiger partial charge in [-0.2, -0.15) is 0 Å². The number of unbranched alkanes of at least 4 members (excludes halogenated alkanes) is 2. The molecule has 94 valence electrons. The molecule has 0 spiro atoms. The Morgan fingerprint density at radius 1 is 1.41 bits per heavy atom. The zero-order valence-electron chi connectivity index (χ0n) is 10.4. The third-order valence-electron chi connectivity index (χ3n) is 2.71. The quantitative estimate of drug-likeness (QED) is 0.468. The predicted molar refractivity (Wildman–Crippen MR) is 69.0 cm³/mol. The molecule has 1 amide bonds. The first-order chi connectivity index (χ1) is 8.06. The van der Waals surface area contributed by atoms with Crippen LogP contribution < -0.4 is 5.73 Å². The Labute approximate surface area is 102 Å². The summed E-state index contributed by atoms with van der Waals surface area (Å²) >= 11 is 0. The fraction of sp³-hybridized carbons (Fsp3) is 0.462. The fourth-order valence-electron chi connectivity index (χ4n) is 1.64. The highest BCUT2D eigenvalue weighted by Gasteiger charge is 2.14. The summed E-state index contributed by atoms with van der Waals surface area (Å²) in [7, 11) is 1.75. The van der Waals surface area contributed by atoms with Crippen LogP contribution in [0.15, 0.2) is 18.2 Å². The number of nitrogens with two attached hydrogens (primary N) is 1. The third-order valence-corrected chi connectivity index (χ3v) is 2.71. The first-order valence-electron chi connectivity index (χ1n) is 5.90. The van der Waals surface area contributed by atoms with Crippen molar-refractivity contribution in [3.8, 4) is 5.75 Å². The Hall–Kier alpha value is -1.71. The molecular formula is C13H20N2O2.